The second-order valence-electron chi connectivity index (χ2n) is 6.06. The molecule has 0 aromatic carbocycles. The van der Waals surface area contributed by atoms with Crippen LogP contribution in [0.4, 0.5) is 0 Å². The molecule has 5 nitrogen and oxygen atoms in total. The Bertz CT molecular complexity index is 472. The van der Waals surface area contributed by atoms with Crippen LogP contribution in [0.15, 0.2) is 16.5 Å². The van der Waals surface area contributed by atoms with Gasteiger partial charge in [0, 0.05) is 26.7 Å². The first-order chi connectivity index (χ1) is 10.0. The van der Waals surface area contributed by atoms with Gasteiger partial charge in [0.25, 0.3) is 0 Å². The van der Waals surface area contributed by atoms with Crippen LogP contribution in [0.1, 0.15) is 43.6 Å². The molecule has 1 aromatic heterocycles. The Morgan fingerprint density at radius 3 is 2.90 bits per heavy atom. The van der Waals surface area contributed by atoms with E-state index in [-0.39, 0.29) is 5.91 Å². The number of hydrogen-bond donors (Lipinski definition) is 1. The number of hydrogen-bond acceptors (Lipinski definition) is 4. The van der Waals surface area contributed by atoms with Crippen LogP contribution in [-0.2, 0) is 16.1 Å². The van der Waals surface area contributed by atoms with E-state index in [1.807, 2.05) is 12.1 Å². The fraction of sp³-hybridized carbons (Fsp3) is 0.688. The predicted octanol–water partition coefficient (Wildman–Crippen LogP) is 2.12. The molecule has 1 fully saturated rings. The highest BCUT2D eigenvalue weighted by Crippen LogP contribution is 2.47. The van der Waals surface area contributed by atoms with Gasteiger partial charge in [-0.25, -0.2) is 0 Å². The highest BCUT2D eigenvalue weighted by Gasteiger charge is 2.36. The SMILES string of the molecule is COCCCC(N)C(=O)N(C)Cc1ccc(C2CC2C)o1. The molecule has 0 spiro atoms. The van der Waals surface area contributed by atoms with Gasteiger partial charge in [0.15, 0.2) is 0 Å². The van der Waals surface area contributed by atoms with Crippen LogP contribution in [0.2, 0.25) is 0 Å². The summed E-state index contributed by atoms with van der Waals surface area (Å²) < 4.78 is 10.8. The lowest BCUT2D eigenvalue weighted by molar-refractivity contribution is -0.132. The van der Waals surface area contributed by atoms with E-state index in [0.29, 0.717) is 25.5 Å². The van der Waals surface area contributed by atoms with Gasteiger partial charge in [0.2, 0.25) is 5.91 Å². The number of nitrogens with zero attached hydrogens (tertiary/aromatic N) is 1. The summed E-state index contributed by atoms with van der Waals surface area (Å²) in [6.07, 6.45) is 2.63. The first-order valence-corrected chi connectivity index (χ1v) is 7.61. The number of nitrogens with two attached hydrogens (primary N) is 1. The minimum Gasteiger partial charge on any atom is -0.464 e. The van der Waals surface area contributed by atoms with Crippen LogP contribution < -0.4 is 5.73 Å². The number of carbonyl (C=O) groups is 1. The van der Waals surface area contributed by atoms with Gasteiger partial charge in [0.1, 0.15) is 11.5 Å². The number of carbonyl (C=O) groups excluding carboxylic acids is 1. The van der Waals surface area contributed by atoms with E-state index in [2.05, 4.69) is 6.92 Å². The van der Waals surface area contributed by atoms with Crippen LogP contribution in [0.3, 0.4) is 0 Å². The topological polar surface area (TPSA) is 68.7 Å². The molecule has 0 aliphatic heterocycles. The number of rotatable bonds is 8. The van der Waals surface area contributed by atoms with E-state index in [4.69, 9.17) is 14.9 Å². The quantitative estimate of drug-likeness (QED) is 0.746. The predicted molar refractivity (Wildman–Crippen MR) is 80.8 cm³/mol. The van der Waals surface area contributed by atoms with Crippen LogP contribution >= 0.6 is 0 Å². The molecule has 1 saturated carbocycles. The minimum absolute atomic E-state index is 0.0520. The summed E-state index contributed by atoms with van der Waals surface area (Å²) >= 11 is 0. The highest BCUT2D eigenvalue weighted by atomic mass is 16.5. The molecule has 0 radical (unpaired) electrons. The normalized spacial score (nSPS) is 22.1. The number of ether oxygens (including phenoxy) is 1. The smallest absolute Gasteiger partial charge is 0.239 e. The number of methoxy groups -OCH3 is 1. The molecule has 3 unspecified atom stereocenters. The van der Waals surface area contributed by atoms with Gasteiger partial charge in [0.05, 0.1) is 12.6 Å². The third-order valence-electron chi connectivity index (χ3n) is 4.11. The maximum absolute atomic E-state index is 12.2. The van der Waals surface area contributed by atoms with Gasteiger partial charge in [-0.05, 0) is 37.3 Å². The summed E-state index contributed by atoms with van der Waals surface area (Å²) in [4.78, 5) is 13.8. The fourth-order valence-electron chi connectivity index (χ4n) is 2.56. The average molecular weight is 294 g/mol. The van der Waals surface area contributed by atoms with E-state index in [9.17, 15) is 4.79 Å². The molecular weight excluding hydrogens is 268 g/mol. The summed E-state index contributed by atoms with van der Waals surface area (Å²) in [5.41, 5.74) is 5.92. The molecule has 1 heterocycles. The molecule has 1 aliphatic carbocycles. The monoisotopic (exact) mass is 294 g/mol. The van der Waals surface area contributed by atoms with Crippen LogP contribution in [0.25, 0.3) is 0 Å². The molecule has 2 rings (SSSR count). The average Bonchev–Trinajstić information content (AvgIpc) is 3.00. The van der Waals surface area contributed by atoms with Crippen molar-refractivity contribution in [2.24, 2.45) is 11.7 Å². The molecule has 0 bridgehead atoms. The van der Waals surface area contributed by atoms with Crippen molar-refractivity contribution in [3.8, 4) is 0 Å². The van der Waals surface area contributed by atoms with E-state index < -0.39 is 6.04 Å². The van der Waals surface area contributed by atoms with Gasteiger partial charge in [-0.1, -0.05) is 6.92 Å². The van der Waals surface area contributed by atoms with E-state index in [1.54, 1.807) is 19.1 Å². The number of likely N-dealkylation sites (N-methyl/N-ethyl adjacent to an activating group) is 1. The van der Waals surface area contributed by atoms with Crippen molar-refractivity contribution in [1.82, 2.24) is 4.90 Å². The largest absolute Gasteiger partial charge is 0.464 e. The summed E-state index contributed by atoms with van der Waals surface area (Å²) in [5.74, 6) is 3.10. The number of furan rings is 1. The lowest BCUT2D eigenvalue weighted by Gasteiger charge is -2.20. The molecule has 3 atom stereocenters. The zero-order chi connectivity index (χ0) is 15.4. The lowest BCUT2D eigenvalue weighted by atomic mass is 10.1. The van der Waals surface area contributed by atoms with Crippen molar-refractivity contribution in [2.75, 3.05) is 20.8 Å². The van der Waals surface area contributed by atoms with Crippen molar-refractivity contribution < 1.29 is 13.9 Å². The molecular formula is C16H26N2O3. The summed E-state index contributed by atoms with van der Waals surface area (Å²) in [5, 5.41) is 0. The molecule has 1 aliphatic rings. The van der Waals surface area contributed by atoms with Gasteiger partial charge in [-0.15, -0.1) is 0 Å². The van der Waals surface area contributed by atoms with Crippen molar-refractivity contribution in [2.45, 2.75) is 44.7 Å². The fourth-order valence-corrected chi connectivity index (χ4v) is 2.56. The van der Waals surface area contributed by atoms with Crippen molar-refractivity contribution in [1.29, 1.82) is 0 Å². The Morgan fingerprint density at radius 1 is 1.57 bits per heavy atom. The zero-order valence-corrected chi connectivity index (χ0v) is 13.2. The first kappa shape index (κ1) is 16.0. The zero-order valence-electron chi connectivity index (χ0n) is 13.2. The molecule has 0 saturated heterocycles. The number of amides is 1. The van der Waals surface area contributed by atoms with E-state index in [0.717, 1.165) is 23.9 Å². The maximum Gasteiger partial charge on any atom is 0.239 e. The second-order valence-corrected chi connectivity index (χ2v) is 6.06. The summed E-state index contributed by atoms with van der Waals surface area (Å²) in [6.45, 7) is 3.32. The Hall–Kier alpha value is -1.33. The van der Waals surface area contributed by atoms with E-state index >= 15 is 0 Å². The molecule has 1 amide bonds. The Balaban J connectivity index is 1.81. The molecule has 21 heavy (non-hydrogen) atoms. The minimum atomic E-state index is -0.469. The van der Waals surface area contributed by atoms with Crippen molar-refractivity contribution in [3.05, 3.63) is 23.7 Å². The van der Waals surface area contributed by atoms with Gasteiger partial charge in [-0.2, -0.15) is 0 Å². The standard InChI is InChI=1S/C16H26N2O3/c1-11-9-13(11)15-7-6-12(21-15)10-18(2)16(19)14(17)5-4-8-20-3/h6-7,11,13-14H,4-5,8-10,17H2,1-3H3. The Labute approximate surface area is 126 Å². The lowest BCUT2D eigenvalue weighted by Crippen LogP contribution is -2.41. The van der Waals surface area contributed by atoms with Crippen molar-refractivity contribution in [3.63, 3.8) is 0 Å². The molecule has 2 N–H and O–H groups in total. The van der Waals surface area contributed by atoms with Gasteiger partial charge in [-0.3, -0.25) is 4.79 Å². The van der Waals surface area contributed by atoms with Crippen LogP contribution in [0.5, 0.6) is 0 Å². The molecule has 1 aromatic rings. The third-order valence-corrected chi connectivity index (χ3v) is 4.11. The highest BCUT2D eigenvalue weighted by molar-refractivity contribution is 5.81. The van der Waals surface area contributed by atoms with E-state index in [1.165, 1.54) is 6.42 Å². The van der Waals surface area contributed by atoms with Gasteiger partial charge < -0.3 is 19.8 Å². The van der Waals surface area contributed by atoms with Gasteiger partial charge >= 0.3 is 0 Å². The second kappa shape index (κ2) is 7.09. The van der Waals surface area contributed by atoms with Crippen LogP contribution in [0, 0.1) is 5.92 Å². The third kappa shape index (κ3) is 4.32. The summed E-state index contributed by atoms with van der Waals surface area (Å²) in [6, 6.07) is 3.52. The summed E-state index contributed by atoms with van der Waals surface area (Å²) in [7, 11) is 3.41. The molecule has 118 valence electrons. The first-order valence-electron chi connectivity index (χ1n) is 7.61. The Kier molecular flexibility index (Phi) is 5.42. The van der Waals surface area contributed by atoms with Crippen LogP contribution in [-0.4, -0.2) is 37.6 Å². The van der Waals surface area contributed by atoms with Crippen molar-refractivity contribution >= 4 is 5.91 Å². The molecule has 5 heteroatoms. The Morgan fingerprint density at radius 2 is 2.29 bits per heavy atom. The maximum atomic E-state index is 12.2.